The Morgan fingerprint density at radius 3 is 2.45 bits per heavy atom. The van der Waals surface area contributed by atoms with Crippen LogP contribution >= 0.6 is 0 Å². The molecular weight excluding hydrogens is 138 g/mol. The summed E-state index contributed by atoms with van der Waals surface area (Å²) in [6.07, 6.45) is 6.66. The molecule has 3 N–H and O–H groups in total. The van der Waals surface area contributed by atoms with E-state index in [1.165, 1.54) is 12.8 Å². The third kappa shape index (κ3) is 7.82. The van der Waals surface area contributed by atoms with Crippen molar-refractivity contribution in [1.82, 2.24) is 0 Å². The molecule has 0 radical (unpaired) electrons. The molecule has 2 nitrogen and oxygen atoms in total. The van der Waals surface area contributed by atoms with E-state index in [4.69, 9.17) is 10.8 Å². The van der Waals surface area contributed by atoms with E-state index in [1.807, 2.05) is 0 Å². The van der Waals surface area contributed by atoms with Crippen LogP contribution in [0.4, 0.5) is 0 Å². The Kier molecular flexibility index (Phi) is 7.96. The zero-order chi connectivity index (χ0) is 8.53. The van der Waals surface area contributed by atoms with E-state index >= 15 is 0 Å². The highest BCUT2D eigenvalue weighted by atomic mass is 16.2. The largest absolute Gasteiger partial charge is 0.396 e. The third-order valence-corrected chi connectivity index (χ3v) is 1.89. The summed E-state index contributed by atoms with van der Waals surface area (Å²) >= 11 is 0. The molecule has 0 saturated heterocycles. The van der Waals surface area contributed by atoms with Crippen LogP contribution in [0.2, 0.25) is 0 Å². The van der Waals surface area contributed by atoms with Crippen LogP contribution in [0.25, 0.3) is 0 Å². The molecule has 0 heterocycles. The lowest BCUT2D eigenvalue weighted by molar-refractivity contribution is 0.281. The van der Waals surface area contributed by atoms with Crippen molar-refractivity contribution in [2.75, 3.05) is 6.61 Å². The van der Waals surface area contributed by atoms with Gasteiger partial charge in [0.15, 0.2) is 0 Å². The minimum atomic E-state index is 0.322. The highest BCUT2D eigenvalue weighted by molar-refractivity contribution is 4.59. The lowest BCUT2D eigenvalue weighted by atomic mass is 10.1. The molecule has 11 heavy (non-hydrogen) atoms. The number of aliphatic hydroxyl groups excluding tert-OH is 1. The van der Waals surface area contributed by atoms with E-state index in [9.17, 15) is 0 Å². The Hall–Kier alpha value is -0.0800. The second-order valence-electron chi connectivity index (χ2n) is 3.12. The summed E-state index contributed by atoms with van der Waals surface area (Å²) in [5, 5.41) is 8.50. The third-order valence-electron chi connectivity index (χ3n) is 1.89. The molecule has 1 unspecified atom stereocenters. The molecule has 0 aliphatic rings. The summed E-state index contributed by atoms with van der Waals surface area (Å²) < 4.78 is 0. The maximum Gasteiger partial charge on any atom is 0.0431 e. The summed E-state index contributed by atoms with van der Waals surface area (Å²) in [7, 11) is 0. The first kappa shape index (κ1) is 10.9. The molecule has 0 aromatic carbocycles. The molecule has 2 heteroatoms. The van der Waals surface area contributed by atoms with Gasteiger partial charge in [-0.05, 0) is 19.3 Å². The molecule has 68 valence electrons. The van der Waals surface area contributed by atoms with E-state index in [-0.39, 0.29) is 0 Å². The average molecular weight is 159 g/mol. The molecule has 0 fully saturated rings. The van der Waals surface area contributed by atoms with Crippen LogP contribution < -0.4 is 5.73 Å². The summed E-state index contributed by atoms with van der Waals surface area (Å²) in [6.45, 7) is 2.48. The molecule has 0 aliphatic carbocycles. The first-order chi connectivity index (χ1) is 5.31. The van der Waals surface area contributed by atoms with Crippen LogP contribution in [0, 0.1) is 0 Å². The molecule has 0 aromatic rings. The van der Waals surface area contributed by atoms with Gasteiger partial charge < -0.3 is 10.8 Å². The van der Waals surface area contributed by atoms with Crippen molar-refractivity contribution in [1.29, 1.82) is 0 Å². The first-order valence-corrected chi connectivity index (χ1v) is 4.67. The molecule has 0 aliphatic heterocycles. The van der Waals surface area contributed by atoms with Crippen LogP contribution in [0.1, 0.15) is 45.4 Å². The predicted molar refractivity (Wildman–Crippen MR) is 48.4 cm³/mol. The van der Waals surface area contributed by atoms with E-state index < -0.39 is 0 Å². The highest BCUT2D eigenvalue weighted by Gasteiger charge is 1.99. The number of hydrogen-bond acceptors (Lipinski definition) is 2. The molecular formula is C9H21NO. The summed E-state index contributed by atoms with van der Waals surface area (Å²) in [5.41, 5.74) is 5.80. The van der Waals surface area contributed by atoms with Gasteiger partial charge in [-0.2, -0.15) is 0 Å². The van der Waals surface area contributed by atoms with Crippen molar-refractivity contribution in [2.24, 2.45) is 5.73 Å². The van der Waals surface area contributed by atoms with Crippen molar-refractivity contribution < 1.29 is 5.11 Å². The second kappa shape index (κ2) is 8.02. The molecule has 0 saturated carbocycles. The van der Waals surface area contributed by atoms with Gasteiger partial charge >= 0.3 is 0 Å². The molecule has 1 atom stereocenters. The zero-order valence-electron chi connectivity index (χ0n) is 7.55. The molecule has 0 amide bonds. The Bertz CT molecular complexity index is 76.0. The standard InChI is InChI=1S/C9H21NO/c1-2-6-9(10)7-4-3-5-8-11/h9,11H,2-8,10H2,1H3. The number of unbranched alkanes of at least 4 members (excludes halogenated alkanes) is 2. The monoisotopic (exact) mass is 159 g/mol. The minimum Gasteiger partial charge on any atom is -0.396 e. The Morgan fingerprint density at radius 2 is 1.91 bits per heavy atom. The molecule has 0 spiro atoms. The van der Waals surface area contributed by atoms with Crippen molar-refractivity contribution in [3.8, 4) is 0 Å². The summed E-state index contributed by atoms with van der Waals surface area (Å²) in [6, 6.07) is 0.388. The van der Waals surface area contributed by atoms with Gasteiger partial charge in [0, 0.05) is 12.6 Å². The minimum absolute atomic E-state index is 0.322. The normalized spacial score (nSPS) is 13.4. The average Bonchev–Trinajstić information content (AvgIpc) is 1.99. The topological polar surface area (TPSA) is 46.2 Å². The fourth-order valence-corrected chi connectivity index (χ4v) is 1.21. The van der Waals surface area contributed by atoms with E-state index in [0.29, 0.717) is 12.6 Å². The van der Waals surface area contributed by atoms with E-state index in [2.05, 4.69) is 6.92 Å². The lowest BCUT2D eigenvalue weighted by Crippen LogP contribution is -2.18. The highest BCUT2D eigenvalue weighted by Crippen LogP contribution is 2.05. The Labute approximate surface area is 69.8 Å². The zero-order valence-corrected chi connectivity index (χ0v) is 7.55. The second-order valence-corrected chi connectivity index (χ2v) is 3.12. The van der Waals surface area contributed by atoms with Crippen LogP contribution in [0.15, 0.2) is 0 Å². The van der Waals surface area contributed by atoms with Gasteiger partial charge in [0.2, 0.25) is 0 Å². The Morgan fingerprint density at radius 1 is 1.18 bits per heavy atom. The van der Waals surface area contributed by atoms with Gasteiger partial charge in [0.25, 0.3) is 0 Å². The SMILES string of the molecule is CCCC(N)CCCCCO. The molecule has 0 bridgehead atoms. The summed E-state index contributed by atoms with van der Waals surface area (Å²) in [4.78, 5) is 0. The molecule has 0 rings (SSSR count). The predicted octanol–water partition coefficient (Wildman–Crippen LogP) is 1.67. The quantitative estimate of drug-likeness (QED) is 0.555. The van der Waals surface area contributed by atoms with Crippen molar-refractivity contribution in [3.63, 3.8) is 0 Å². The fraction of sp³-hybridized carbons (Fsp3) is 1.00. The van der Waals surface area contributed by atoms with Crippen LogP contribution in [0.3, 0.4) is 0 Å². The van der Waals surface area contributed by atoms with Gasteiger partial charge in [0.1, 0.15) is 0 Å². The van der Waals surface area contributed by atoms with Crippen molar-refractivity contribution in [3.05, 3.63) is 0 Å². The van der Waals surface area contributed by atoms with Crippen LogP contribution in [-0.4, -0.2) is 17.8 Å². The van der Waals surface area contributed by atoms with Gasteiger partial charge in [-0.15, -0.1) is 0 Å². The van der Waals surface area contributed by atoms with Crippen LogP contribution in [-0.2, 0) is 0 Å². The van der Waals surface area contributed by atoms with Crippen molar-refractivity contribution >= 4 is 0 Å². The van der Waals surface area contributed by atoms with E-state index in [0.717, 1.165) is 25.7 Å². The summed E-state index contributed by atoms with van der Waals surface area (Å²) in [5.74, 6) is 0. The first-order valence-electron chi connectivity index (χ1n) is 4.67. The number of nitrogens with two attached hydrogens (primary N) is 1. The van der Waals surface area contributed by atoms with E-state index in [1.54, 1.807) is 0 Å². The smallest absolute Gasteiger partial charge is 0.0431 e. The number of aliphatic hydroxyl groups is 1. The maximum absolute atomic E-state index is 8.50. The Balaban J connectivity index is 2.97. The van der Waals surface area contributed by atoms with Gasteiger partial charge in [-0.3, -0.25) is 0 Å². The van der Waals surface area contributed by atoms with Gasteiger partial charge in [-0.25, -0.2) is 0 Å². The van der Waals surface area contributed by atoms with Gasteiger partial charge in [-0.1, -0.05) is 26.2 Å². The van der Waals surface area contributed by atoms with Crippen LogP contribution in [0.5, 0.6) is 0 Å². The lowest BCUT2D eigenvalue weighted by Gasteiger charge is -2.08. The molecule has 0 aromatic heterocycles. The van der Waals surface area contributed by atoms with Gasteiger partial charge in [0.05, 0.1) is 0 Å². The number of rotatable bonds is 7. The fourth-order valence-electron chi connectivity index (χ4n) is 1.21. The van der Waals surface area contributed by atoms with Crippen molar-refractivity contribution in [2.45, 2.75) is 51.5 Å². The number of hydrogen-bond donors (Lipinski definition) is 2. The maximum atomic E-state index is 8.50.